The van der Waals surface area contributed by atoms with Gasteiger partial charge in [0.25, 0.3) is 5.91 Å². The molecule has 1 heterocycles. The molecule has 1 amide bonds. The van der Waals surface area contributed by atoms with Crippen LogP contribution in [0.1, 0.15) is 37.3 Å². The minimum atomic E-state index is -1.07. The number of hydrogen-bond donors (Lipinski definition) is 1. The van der Waals surface area contributed by atoms with Crippen molar-refractivity contribution >= 4 is 24.5 Å². The normalized spacial score (nSPS) is 16.1. The van der Waals surface area contributed by atoms with Gasteiger partial charge in [0.2, 0.25) is 0 Å². The van der Waals surface area contributed by atoms with E-state index in [9.17, 15) is 4.79 Å². The Hall–Kier alpha value is -0.286. The van der Waals surface area contributed by atoms with E-state index in [1.165, 1.54) is 37.7 Å². The van der Waals surface area contributed by atoms with Gasteiger partial charge in [-0.1, -0.05) is 12.1 Å². The van der Waals surface area contributed by atoms with E-state index in [-0.39, 0.29) is 38.6 Å². The minimum absolute atomic E-state index is 0. The third-order valence-electron chi connectivity index (χ3n) is 4.83. The summed E-state index contributed by atoms with van der Waals surface area (Å²) in [6.07, 6.45) is 8.41. The molecule has 1 fully saturated rings. The van der Waals surface area contributed by atoms with E-state index in [0.717, 1.165) is 23.0 Å². The van der Waals surface area contributed by atoms with Gasteiger partial charge in [-0.25, -0.2) is 4.85 Å². The van der Waals surface area contributed by atoms with Crippen LogP contribution >= 0.6 is 7.26 Å². The number of aryl methyl sites for hydroxylation is 2. The van der Waals surface area contributed by atoms with Crippen LogP contribution in [0, 0.1) is 20.4 Å². The van der Waals surface area contributed by atoms with Crippen molar-refractivity contribution in [3.05, 3.63) is 34.7 Å². The Morgan fingerprint density at radius 3 is 2.26 bits per heavy atom. The van der Waals surface area contributed by atoms with Crippen LogP contribution in [0.5, 0.6) is 0 Å². The summed E-state index contributed by atoms with van der Waals surface area (Å²) in [6.45, 7) is 13.3. The summed E-state index contributed by atoms with van der Waals surface area (Å²) in [7, 11) is -1.07. The van der Waals surface area contributed by atoms with Crippen molar-refractivity contribution in [1.29, 1.82) is 0 Å². The van der Waals surface area contributed by atoms with Crippen molar-refractivity contribution < 1.29 is 37.5 Å². The van der Waals surface area contributed by atoms with Crippen molar-refractivity contribution in [2.45, 2.75) is 40.0 Å². The van der Waals surface area contributed by atoms with Crippen LogP contribution in [0.4, 0.5) is 11.4 Å². The van der Waals surface area contributed by atoms with Crippen LogP contribution in [0.25, 0.3) is 4.85 Å². The molecule has 1 radical (unpaired) electrons. The van der Waals surface area contributed by atoms with Gasteiger partial charge in [-0.05, 0) is 51.2 Å². The van der Waals surface area contributed by atoms with Crippen LogP contribution in [0.2, 0.25) is 0 Å². The third kappa shape index (κ3) is 5.35. The molecule has 0 saturated carbocycles. The second-order valence-electron chi connectivity index (χ2n) is 6.44. The Morgan fingerprint density at radius 1 is 1.22 bits per heavy atom. The van der Waals surface area contributed by atoms with E-state index in [0.29, 0.717) is 5.69 Å². The summed E-state index contributed by atoms with van der Waals surface area (Å²) in [5.41, 5.74) is 3.49. The van der Waals surface area contributed by atoms with Crippen molar-refractivity contribution in [2.24, 2.45) is 0 Å². The van der Waals surface area contributed by atoms with E-state index < -0.39 is 7.26 Å². The number of amides is 1. The van der Waals surface area contributed by atoms with Crippen LogP contribution in [0.15, 0.2) is 12.1 Å². The molecule has 3 nitrogen and oxygen atoms in total. The van der Waals surface area contributed by atoms with Crippen LogP contribution in [-0.2, 0) is 37.5 Å². The zero-order chi connectivity index (χ0) is 16.2. The maximum absolute atomic E-state index is 12.6. The van der Waals surface area contributed by atoms with Gasteiger partial charge in [0.05, 0.1) is 25.1 Å². The topological polar surface area (TPSA) is 33.5 Å². The maximum atomic E-state index is 12.6. The summed E-state index contributed by atoms with van der Waals surface area (Å²) in [6, 6.07) is 3.70. The zero-order valence-corrected chi connectivity index (χ0v) is 18.2. The second-order valence-corrected chi connectivity index (χ2v) is 11.0. The standard InChI is InChI=1S/C18H25N2OP.Y/c1-5-22(9-7-6-8-10-22)13-17(21)20-18-14(2)11-16(19-4)12-15(18)3;/h11-12H,5-10,13H2,1-3H3;/p+1. The predicted octanol–water partition coefficient (Wildman–Crippen LogP) is 5.01. The number of nitrogens with zero attached hydrogens (tertiary/aromatic N) is 1. The van der Waals surface area contributed by atoms with Gasteiger partial charge >= 0.3 is 0 Å². The molecule has 2 rings (SSSR count). The van der Waals surface area contributed by atoms with E-state index in [1.807, 2.05) is 26.0 Å². The monoisotopic (exact) mass is 406 g/mol. The molecule has 1 aliphatic rings. The van der Waals surface area contributed by atoms with Crippen molar-refractivity contribution in [3.8, 4) is 0 Å². The molecule has 1 saturated heterocycles. The number of rotatable bonds is 4. The SMILES string of the molecule is [C-]#[N+]c1cc(C)c(NC(=O)C[P+]2(CC)CCCCC2)c(C)c1.[Y]. The first-order chi connectivity index (χ1) is 10.5. The number of benzene rings is 1. The van der Waals surface area contributed by atoms with Gasteiger partial charge in [-0.15, -0.1) is 0 Å². The van der Waals surface area contributed by atoms with Gasteiger partial charge in [0.15, 0.2) is 5.69 Å². The number of carbonyl (C=O) groups excluding carboxylic acids is 1. The van der Waals surface area contributed by atoms with E-state index in [1.54, 1.807) is 0 Å². The summed E-state index contributed by atoms with van der Waals surface area (Å²) in [5.74, 6) is 0.166. The van der Waals surface area contributed by atoms with Gasteiger partial charge in [-0.2, -0.15) is 0 Å². The van der Waals surface area contributed by atoms with Crippen molar-refractivity contribution in [2.75, 3.05) is 30.0 Å². The van der Waals surface area contributed by atoms with Crippen LogP contribution in [-0.4, -0.2) is 30.6 Å². The van der Waals surface area contributed by atoms with Crippen molar-refractivity contribution in [1.82, 2.24) is 0 Å². The third-order valence-corrected chi connectivity index (χ3v) is 9.66. The fourth-order valence-electron chi connectivity index (χ4n) is 3.46. The van der Waals surface area contributed by atoms with Crippen LogP contribution in [0.3, 0.4) is 0 Å². The molecule has 23 heavy (non-hydrogen) atoms. The molecule has 1 aliphatic heterocycles. The van der Waals surface area contributed by atoms with Gasteiger partial charge in [-0.3, -0.25) is 4.79 Å². The largest absolute Gasteiger partial charge is 0.323 e. The fourth-order valence-corrected chi connectivity index (χ4v) is 7.33. The molecule has 0 bridgehead atoms. The molecular weight excluding hydrogens is 380 g/mol. The van der Waals surface area contributed by atoms with E-state index in [2.05, 4.69) is 17.1 Å². The first-order valence-corrected chi connectivity index (χ1v) is 10.7. The predicted molar refractivity (Wildman–Crippen MR) is 96.7 cm³/mol. The average molecular weight is 406 g/mol. The number of nitrogens with one attached hydrogen (secondary N) is 1. The summed E-state index contributed by atoms with van der Waals surface area (Å²) >= 11 is 0. The van der Waals surface area contributed by atoms with E-state index in [4.69, 9.17) is 6.57 Å². The summed E-state index contributed by atoms with van der Waals surface area (Å²) in [5, 5.41) is 3.12. The summed E-state index contributed by atoms with van der Waals surface area (Å²) in [4.78, 5) is 16.0. The van der Waals surface area contributed by atoms with E-state index >= 15 is 0 Å². The molecule has 0 spiro atoms. The zero-order valence-electron chi connectivity index (χ0n) is 14.5. The molecule has 5 heteroatoms. The Morgan fingerprint density at radius 2 is 1.78 bits per heavy atom. The van der Waals surface area contributed by atoms with Gasteiger partial charge in [0, 0.05) is 45.7 Å². The molecule has 1 N–H and O–H groups in total. The molecule has 0 unspecified atom stereocenters. The first kappa shape index (κ1) is 20.8. The molecule has 0 aliphatic carbocycles. The molecule has 121 valence electrons. The maximum Gasteiger partial charge on any atom is 0.261 e. The number of anilines is 1. The first-order valence-electron chi connectivity index (χ1n) is 8.13. The van der Waals surface area contributed by atoms with Gasteiger partial charge < -0.3 is 5.32 Å². The van der Waals surface area contributed by atoms with Gasteiger partial charge in [0.1, 0.15) is 6.16 Å². The Labute approximate surface area is 166 Å². The fraction of sp³-hybridized carbons (Fsp3) is 0.556. The molecule has 1 aromatic rings. The Balaban J connectivity index is 0.00000264. The number of carbonyl (C=O) groups is 1. The molecule has 0 atom stereocenters. The summed E-state index contributed by atoms with van der Waals surface area (Å²) < 4.78 is 0. The minimum Gasteiger partial charge on any atom is -0.323 e. The Kier molecular flexibility index (Phi) is 8.36. The van der Waals surface area contributed by atoms with Crippen LogP contribution < -0.4 is 5.32 Å². The molecule has 0 aromatic heterocycles. The number of hydrogen-bond acceptors (Lipinski definition) is 1. The quantitative estimate of drug-likeness (QED) is 0.554. The molecular formula is C18H26N2OPY+. The second kappa shape index (κ2) is 9.26. The van der Waals surface area contributed by atoms with Crippen molar-refractivity contribution in [3.63, 3.8) is 0 Å². The Bertz CT molecular complexity index is 581. The average Bonchev–Trinajstić information content (AvgIpc) is 2.51. The smallest absolute Gasteiger partial charge is 0.261 e. The molecule has 1 aromatic carbocycles.